The van der Waals surface area contributed by atoms with E-state index in [9.17, 15) is 4.79 Å². The smallest absolute Gasteiger partial charge is 0.321 e. The minimum absolute atomic E-state index is 0. The number of anilines is 1. The molecule has 0 atom stereocenters. The average molecular weight is 578 g/mol. The fraction of sp³-hybridized carbons (Fsp3) is 0.462. The number of carbonyl (C=O) groups is 1. The minimum atomic E-state index is -0.0205. The molecule has 0 spiro atoms. The highest BCUT2D eigenvalue weighted by atomic mass is 127. The van der Waals surface area contributed by atoms with Crippen LogP contribution in [0.3, 0.4) is 0 Å². The van der Waals surface area contributed by atoms with Gasteiger partial charge >= 0.3 is 6.03 Å². The van der Waals surface area contributed by atoms with Crippen LogP contribution in [0, 0.1) is 12.8 Å². The van der Waals surface area contributed by atoms with Crippen molar-refractivity contribution in [3.63, 3.8) is 0 Å². The van der Waals surface area contributed by atoms with Crippen molar-refractivity contribution in [3.05, 3.63) is 59.2 Å². The zero-order chi connectivity index (χ0) is 23.0. The summed E-state index contributed by atoms with van der Waals surface area (Å²) in [4.78, 5) is 18.6. The van der Waals surface area contributed by atoms with E-state index in [0.29, 0.717) is 13.1 Å². The van der Waals surface area contributed by atoms with Gasteiger partial charge in [-0.3, -0.25) is 4.99 Å². The van der Waals surface area contributed by atoms with Gasteiger partial charge in [-0.05, 0) is 67.9 Å². The monoisotopic (exact) mass is 577 g/mol. The van der Waals surface area contributed by atoms with Gasteiger partial charge in [0.15, 0.2) is 5.96 Å². The van der Waals surface area contributed by atoms with Gasteiger partial charge in [-0.15, -0.1) is 24.0 Å². The molecule has 0 unspecified atom stereocenters. The predicted octanol–water partition coefficient (Wildman–Crippen LogP) is 4.89. The van der Waals surface area contributed by atoms with Crippen molar-refractivity contribution >= 4 is 41.7 Å². The van der Waals surface area contributed by atoms with Gasteiger partial charge < -0.3 is 25.6 Å². The first-order valence-corrected chi connectivity index (χ1v) is 11.9. The molecule has 1 aliphatic heterocycles. The van der Waals surface area contributed by atoms with Crippen molar-refractivity contribution < 1.29 is 9.53 Å². The van der Waals surface area contributed by atoms with Crippen LogP contribution in [0.2, 0.25) is 0 Å². The SMILES string of the molecule is CN=C(NCc1cccc(NC(=O)N2CCCC2)c1)NCc1ccc(C)cc1OCC1CC1.I. The first-order chi connectivity index (χ1) is 16.1. The van der Waals surface area contributed by atoms with Crippen LogP contribution in [0.25, 0.3) is 0 Å². The average Bonchev–Trinajstić information content (AvgIpc) is 3.48. The van der Waals surface area contributed by atoms with Crippen LogP contribution in [0.15, 0.2) is 47.5 Å². The van der Waals surface area contributed by atoms with Crippen LogP contribution in [0.4, 0.5) is 10.5 Å². The number of guanidine groups is 1. The Labute approximate surface area is 219 Å². The number of urea groups is 1. The van der Waals surface area contributed by atoms with E-state index in [0.717, 1.165) is 67.0 Å². The number of halogens is 1. The lowest BCUT2D eigenvalue weighted by atomic mass is 10.1. The maximum atomic E-state index is 12.4. The number of aliphatic imine (C=N–C) groups is 1. The Morgan fingerprint density at radius 3 is 2.59 bits per heavy atom. The highest BCUT2D eigenvalue weighted by Crippen LogP contribution is 2.30. The summed E-state index contributed by atoms with van der Waals surface area (Å²) in [6, 6.07) is 14.2. The van der Waals surface area contributed by atoms with Gasteiger partial charge in [0.1, 0.15) is 5.75 Å². The normalized spacial score (nSPS) is 15.5. The topological polar surface area (TPSA) is 78.0 Å². The Hall–Kier alpha value is -2.49. The lowest BCUT2D eigenvalue weighted by molar-refractivity contribution is 0.222. The number of carbonyl (C=O) groups excluding carboxylic acids is 1. The second kappa shape index (κ2) is 12.8. The Bertz CT molecular complexity index is 987. The minimum Gasteiger partial charge on any atom is -0.493 e. The predicted molar refractivity (Wildman–Crippen MR) is 148 cm³/mol. The highest BCUT2D eigenvalue weighted by molar-refractivity contribution is 14.0. The second-order valence-corrected chi connectivity index (χ2v) is 8.97. The van der Waals surface area contributed by atoms with E-state index in [1.54, 1.807) is 7.05 Å². The summed E-state index contributed by atoms with van der Waals surface area (Å²) < 4.78 is 6.08. The largest absolute Gasteiger partial charge is 0.493 e. The standard InChI is InChI=1S/C26H35N5O2.HI/c1-19-8-11-22(24(14-19)33-18-20-9-10-20)17-29-25(27-2)28-16-21-6-5-7-23(15-21)30-26(32)31-12-3-4-13-31;/h5-8,11,14-15,20H,3-4,9-10,12-13,16-18H2,1-2H3,(H,30,32)(H2,27,28,29);1H. The molecule has 2 aliphatic rings. The van der Waals surface area contributed by atoms with Gasteiger partial charge in [0.05, 0.1) is 6.61 Å². The fourth-order valence-corrected chi connectivity index (χ4v) is 3.90. The maximum Gasteiger partial charge on any atom is 0.321 e. The number of likely N-dealkylation sites (tertiary alicyclic amines) is 1. The zero-order valence-corrected chi connectivity index (χ0v) is 22.4. The Morgan fingerprint density at radius 2 is 1.85 bits per heavy atom. The van der Waals surface area contributed by atoms with E-state index in [1.165, 1.54) is 18.4 Å². The number of aryl methyl sites for hydroxylation is 1. The highest BCUT2D eigenvalue weighted by Gasteiger charge is 2.22. The van der Waals surface area contributed by atoms with Gasteiger partial charge in [-0.25, -0.2) is 4.79 Å². The fourth-order valence-electron chi connectivity index (χ4n) is 3.90. The lowest BCUT2D eigenvalue weighted by Gasteiger charge is -2.17. The number of amides is 2. The van der Waals surface area contributed by atoms with E-state index in [-0.39, 0.29) is 30.0 Å². The molecule has 4 rings (SSSR count). The second-order valence-electron chi connectivity index (χ2n) is 8.97. The molecule has 0 radical (unpaired) electrons. The molecule has 3 N–H and O–H groups in total. The third kappa shape index (κ3) is 7.78. The molecule has 2 aromatic rings. The van der Waals surface area contributed by atoms with Crippen molar-refractivity contribution in [1.82, 2.24) is 15.5 Å². The molecule has 0 aromatic heterocycles. The van der Waals surface area contributed by atoms with Gasteiger partial charge in [-0.1, -0.05) is 24.3 Å². The summed E-state index contributed by atoms with van der Waals surface area (Å²) in [7, 11) is 1.77. The first kappa shape index (κ1) is 26.1. The summed E-state index contributed by atoms with van der Waals surface area (Å²) in [5.74, 6) is 2.39. The number of nitrogens with one attached hydrogen (secondary N) is 3. The van der Waals surface area contributed by atoms with Crippen LogP contribution >= 0.6 is 24.0 Å². The van der Waals surface area contributed by atoms with Crippen LogP contribution < -0.4 is 20.7 Å². The van der Waals surface area contributed by atoms with Crippen molar-refractivity contribution in [2.75, 3.05) is 32.1 Å². The molecular weight excluding hydrogens is 541 g/mol. The Kier molecular flexibility index (Phi) is 9.86. The molecule has 7 nitrogen and oxygen atoms in total. The Morgan fingerprint density at radius 1 is 1.09 bits per heavy atom. The first-order valence-electron chi connectivity index (χ1n) is 11.9. The molecule has 1 saturated heterocycles. The molecule has 34 heavy (non-hydrogen) atoms. The van der Waals surface area contributed by atoms with E-state index in [4.69, 9.17) is 4.74 Å². The number of hydrogen-bond acceptors (Lipinski definition) is 3. The van der Waals surface area contributed by atoms with E-state index in [1.807, 2.05) is 29.2 Å². The number of benzene rings is 2. The molecule has 1 heterocycles. The molecule has 2 aromatic carbocycles. The molecule has 2 amide bonds. The van der Waals surface area contributed by atoms with Crippen molar-refractivity contribution in [3.8, 4) is 5.75 Å². The molecule has 0 bridgehead atoms. The van der Waals surface area contributed by atoms with Gasteiger partial charge in [-0.2, -0.15) is 0 Å². The summed E-state index contributed by atoms with van der Waals surface area (Å²) in [5.41, 5.74) is 4.20. The van der Waals surface area contributed by atoms with E-state index < -0.39 is 0 Å². The summed E-state index contributed by atoms with van der Waals surface area (Å²) >= 11 is 0. The van der Waals surface area contributed by atoms with E-state index in [2.05, 4.69) is 46.1 Å². The van der Waals surface area contributed by atoms with Crippen molar-refractivity contribution in [2.24, 2.45) is 10.9 Å². The third-order valence-corrected chi connectivity index (χ3v) is 6.10. The van der Waals surface area contributed by atoms with Crippen molar-refractivity contribution in [2.45, 2.75) is 45.7 Å². The third-order valence-electron chi connectivity index (χ3n) is 6.10. The van der Waals surface area contributed by atoms with Crippen LogP contribution in [0.1, 0.15) is 42.4 Å². The summed E-state index contributed by atoms with van der Waals surface area (Å²) in [6.45, 7) is 5.79. The van der Waals surface area contributed by atoms with Crippen molar-refractivity contribution in [1.29, 1.82) is 0 Å². The lowest BCUT2D eigenvalue weighted by Crippen LogP contribution is -2.36. The van der Waals surface area contributed by atoms with Gasteiger partial charge in [0.2, 0.25) is 0 Å². The quantitative estimate of drug-likeness (QED) is 0.237. The molecule has 2 fully saturated rings. The van der Waals surface area contributed by atoms with Crippen LogP contribution in [0.5, 0.6) is 5.75 Å². The van der Waals surface area contributed by atoms with Gasteiger partial charge in [0.25, 0.3) is 0 Å². The maximum absolute atomic E-state index is 12.4. The molecule has 1 saturated carbocycles. The Balaban J connectivity index is 0.00000324. The zero-order valence-electron chi connectivity index (χ0n) is 20.1. The molecular formula is C26H36IN5O2. The number of ether oxygens (including phenoxy) is 1. The molecule has 8 heteroatoms. The van der Waals surface area contributed by atoms with Crippen LogP contribution in [-0.4, -0.2) is 43.6 Å². The van der Waals surface area contributed by atoms with Gasteiger partial charge in [0, 0.05) is 44.5 Å². The molecule has 1 aliphatic carbocycles. The number of hydrogen-bond donors (Lipinski definition) is 3. The molecule has 184 valence electrons. The van der Waals surface area contributed by atoms with Crippen LogP contribution in [-0.2, 0) is 13.1 Å². The summed E-state index contributed by atoms with van der Waals surface area (Å²) in [5, 5.41) is 9.75. The number of nitrogens with zero attached hydrogens (tertiary/aromatic N) is 2. The summed E-state index contributed by atoms with van der Waals surface area (Å²) in [6.07, 6.45) is 4.72. The van der Waals surface area contributed by atoms with E-state index >= 15 is 0 Å². The number of rotatable bonds is 8.